The maximum atomic E-state index is 11.8. The summed E-state index contributed by atoms with van der Waals surface area (Å²) < 4.78 is 13.3. The fraction of sp³-hybridized carbons (Fsp3) is 0.391. The number of carbonyl (C=O) groups is 1. The van der Waals surface area contributed by atoms with E-state index in [-0.39, 0.29) is 11.8 Å². The number of methoxy groups -OCH3 is 1. The van der Waals surface area contributed by atoms with Gasteiger partial charge < -0.3 is 19.4 Å². The van der Waals surface area contributed by atoms with Crippen molar-refractivity contribution in [2.45, 2.75) is 32.2 Å². The minimum absolute atomic E-state index is 0.200. The largest absolute Gasteiger partial charge is 0.497 e. The maximum Gasteiger partial charge on any atom is 0.223 e. The molecule has 0 bridgehead atoms. The van der Waals surface area contributed by atoms with Crippen LogP contribution in [-0.2, 0) is 17.8 Å². The average Bonchev–Trinajstić information content (AvgIpc) is 3.55. The van der Waals surface area contributed by atoms with Crippen molar-refractivity contribution in [1.82, 2.24) is 14.9 Å². The first-order valence-electron chi connectivity index (χ1n) is 10.2. The number of nitrogens with zero attached hydrogens (tertiary/aromatic N) is 2. The molecule has 3 aromatic rings. The Morgan fingerprint density at radius 3 is 2.66 bits per heavy atom. The summed E-state index contributed by atoms with van der Waals surface area (Å²) in [6.45, 7) is 1.97. The van der Waals surface area contributed by atoms with Gasteiger partial charge in [-0.2, -0.15) is 0 Å². The van der Waals surface area contributed by atoms with Crippen LogP contribution in [0.5, 0.6) is 11.5 Å². The number of ether oxygens (including phenoxy) is 2. The van der Waals surface area contributed by atoms with Crippen LogP contribution in [-0.4, -0.2) is 35.7 Å². The number of hydrogen-bond donors (Lipinski definition) is 1. The Bertz CT molecular complexity index is 961. The molecule has 1 N–H and O–H groups in total. The highest BCUT2D eigenvalue weighted by atomic mass is 16.5. The topological polar surface area (TPSA) is 65.4 Å². The van der Waals surface area contributed by atoms with Crippen LogP contribution in [0.4, 0.5) is 0 Å². The monoisotopic (exact) mass is 393 g/mol. The van der Waals surface area contributed by atoms with E-state index in [4.69, 9.17) is 14.5 Å². The Balaban J connectivity index is 1.36. The Labute approximate surface area is 170 Å². The first-order valence-corrected chi connectivity index (χ1v) is 10.2. The van der Waals surface area contributed by atoms with Gasteiger partial charge in [-0.1, -0.05) is 12.1 Å². The summed E-state index contributed by atoms with van der Waals surface area (Å²) in [6.07, 6.45) is 3.77. The molecule has 1 aromatic heterocycles. The molecule has 1 aliphatic rings. The third-order valence-corrected chi connectivity index (χ3v) is 5.20. The first kappa shape index (κ1) is 19.3. The van der Waals surface area contributed by atoms with Gasteiger partial charge in [-0.05, 0) is 55.7 Å². The van der Waals surface area contributed by atoms with Gasteiger partial charge in [0.15, 0.2) is 0 Å². The van der Waals surface area contributed by atoms with Gasteiger partial charge in [-0.3, -0.25) is 4.79 Å². The Morgan fingerprint density at radius 2 is 1.90 bits per heavy atom. The first-order chi connectivity index (χ1) is 14.2. The average molecular weight is 393 g/mol. The molecule has 2 aromatic carbocycles. The normalized spacial score (nSPS) is 13.4. The van der Waals surface area contributed by atoms with Gasteiger partial charge in [0.1, 0.15) is 23.9 Å². The number of benzene rings is 2. The summed E-state index contributed by atoms with van der Waals surface area (Å²) in [5, 5.41) is 3.03. The molecular weight excluding hydrogens is 366 g/mol. The molecule has 29 heavy (non-hydrogen) atoms. The molecule has 1 aliphatic carbocycles. The molecule has 1 saturated carbocycles. The molecular formula is C23H27N3O3. The predicted molar refractivity (Wildman–Crippen MR) is 112 cm³/mol. The van der Waals surface area contributed by atoms with E-state index < -0.39 is 0 Å². The van der Waals surface area contributed by atoms with Gasteiger partial charge in [0.25, 0.3) is 0 Å². The molecule has 6 nitrogen and oxygen atoms in total. The summed E-state index contributed by atoms with van der Waals surface area (Å²) in [5.74, 6) is 3.12. The Morgan fingerprint density at radius 1 is 1.14 bits per heavy atom. The molecule has 1 fully saturated rings. The number of aromatic nitrogens is 2. The second kappa shape index (κ2) is 8.99. The SMILES string of the molecule is COc1ccc(OCCn2c(CCCNC(=O)C3CC3)nc3ccccc32)cc1. The van der Waals surface area contributed by atoms with Crippen LogP contribution in [0.2, 0.25) is 0 Å². The standard InChI is InChI=1S/C23H27N3O3/c1-28-18-10-12-19(13-11-18)29-16-15-26-21-6-3-2-5-20(21)25-22(26)7-4-14-24-23(27)17-8-9-17/h2-3,5-6,10-13,17H,4,7-9,14-16H2,1H3,(H,24,27). The number of rotatable bonds is 10. The minimum atomic E-state index is 0.200. The summed E-state index contributed by atoms with van der Waals surface area (Å²) in [5.41, 5.74) is 2.11. The lowest BCUT2D eigenvalue weighted by Crippen LogP contribution is -2.26. The van der Waals surface area contributed by atoms with E-state index in [9.17, 15) is 4.79 Å². The zero-order chi connectivity index (χ0) is 20.1. The van der Waals surface area contributed by atoms with E-state index in [0.717, 1.165) is 60.6 Å². The second-order valence-electron chi connectivity index (χ2n) is 7.36. The summed E-state index contributed by atoms with van der Waals surface area (Å²) >= 11 is 0. The summed E-state index contributed by atoms with van der Waals surface area (Å²) in [7, 11) is 1.65. The zero-order valence-corrected chi connectivity index (χ0v) is 16.8. The quantitative estimate of drug-likeness (QED) is 0.535. The number of para-hydroxylation sites is 2. The van der Waals surface area contributed by atoms with Gasteiger partial charge in [-0.15, -0.1) is 0 Å². The fourth-order valence-corrected chi connectivity index (χ4v) is 3.44. The smallest absolute Gasteiger partial charge is 0.223 e. The molecule has 6 heteroatoms. The lowest BCUT2D eigenvalue weighted by Gasteiger charge is -2.11. The van der Waals surface area contributed by atoms with Crippen molar-refractivity contribution in [3.05, 3.63) is 54.4 Å². The molecule has 1 heterocycles. The highest BCUT2D eigenvalue weighted by Gasteiger charge is 2.29. The molecule has 1 amide bonds. The highest BCUT2D eigenvalue weighted by Crippen LogP contribution is 2.28. The summed E-state index contributed by atoms with van der Waals surface area (Å²) in [4.78, 5) is 16.6. The molecule has 0 spiro atoms. The Hall–Kier alpha value is -3.02. The maximum absolute atomic E-state index is 11.8. The van der Waals surface area contributed by atoms with E-state index in [2.05, 4.69) is 16.0 Å². The van der Waals surface area contributed by atoms with Gasteiger partial charge in [0.05, 0.1) is 24.7 Å². The van der Waals surface area contributed by atoms with E-state index in [1.54, 1.807) is 7.11 Å². The molecule has 152 valence electrons. The highest BCUT2D eigenvalue weighted by molar-refractivity contribution is 5.80. The number of imidazole rings is 1. The van der Waals surface area contributed by atoms with Gasteiger partial charge in [-0.25, -0.2) is 4.98 Å². The van der Waals surface area contributed by atoms with Crippen molar-refractivity contribution in [3.63, 3.8) is 0 Å². The van der Waals surface area contributed by atoms with Crippen LogP contribution in [0.15, 0.2) is 48.5 Å². The van der Waals surface area contributed by atoms with Crippen molar-refractivity contribution in [2.24, 2.45) is 5.92 Å². The van der Waals surface area contributed by atoms with Gasteiger partial charge in [0.2, 0.25) is 5.91 Å². The number of fused-ring (bicyclic) bond motifs is 1. The van der Waals surface area contributed by atoms with Crippen molar-refractivity contribution in [3.8, 4) is 11.5 Å². The molecule has 0 aliphatic heterocycles. The predicted octanol–water partition coefficient (Wildman–Crippen LogP) is 3.58. The van der Waals surface area contributed by atoms with Crippen molar-refractivity contribution >= 4 is 16.9 Å². The summed E-state index contributed by atoms with van der Waals surface area (Å²) in [6, 6.07) is 15.8. The lowest BCUT2D eigenvalue weighted by molar-refractivity contribution is -0.122. The zero-order valence-electron chi connectivity index (χ0n) is 16.8. The van der Waals surface area contributed by atoms with Crippen molar-refractivity contribution in [2.75, 3.05) is 20.3 Å². The van der Waals surface area contributed by atoms with Crippen LogP contribution < -0.4 is 14.8 Å². The van der Waals surface area contributed by atoms with E-state index in [1.165, 1.54) is 0 Å². The number of carbonyl (C=O) groups excluding carboxylic acids is 1. The molecule has 0 atom stereocenters. The van der Waals surface area contributed by atoms with E-state index >= 15 is 0 Å². The number of aryl methyl sites for hydroxylation is 1. The Kier molecular flexibility index (Phi) is 5.98. The number of amides is 1. The van der Waals surface area contributed by atoms with Crippen LogP contribution in [0.25, 0.3) is 11.0 Å². The lowest BCUT2D eigenvalue weighted by atomic mass is 10.2. The third-order valence-electron chi connectivity index (χ3n) is 5.20. The number of hydrogen-bond acceptors (Lipinski definition) is 4. The van der Waals surface area contributed by atoms with E-state index in [1.807, 2.05) is 42.5 Å². The van der Waals surface area contributed by atoms with Crippen LogP contribution >= 0.6 is 0 Å². The van der Waals surface area contributed by atoms with Gasteiger partial charge in [0, 0.05) is 18.9 Å². The molecule has 4 rings (SSSR count). The minimum Gasteiger partial charge on any atom is -0.497 e. The molecule has 0 saturated heterocycles. The van der Waals surface area contributed by atoms with Gasteiger partial charge >= 0.3 is 0 Å². The van der Waals surface area contributed by atoms with Crippen LogP contribution in [0.3, 0.4) is 0 Å². The fourth-order valence-electron chi connectivity index (χ4n) is 3.44. The molecule has 0 radical (unpaired) electrons. The van der Waals surface area contributed by atoms with Crippen molar-refractivity contribution in [1.29, 1.82) is 0 Å². The number of nitrogens with one attached hydrogen (secondary N) is 1. The van der Waals surface area contributed by atoms with Crippen molar-refractivity contribution < 1.29 is 14.3 Å². The molecule has 0 unspecified atom stereocenters. The second-order valence-corrected chi connectivity index (χ2v) is 7.36. The van der Waals surface area contributed by atoms with Crippen LogP contribution in [0, 0.1) is 5.92 Å². The van der Waals surface area contributed by atoms with Crippen LogP contribution in [0.1, 0.15) is 25.1 Å². The van der Waals surface area contributed by atoms with E-state index in [0.29, 0.717) is 13.2 Å². The third kappa shape index (κ3) is 4.88.